The van der Waals surface area contributed by atoms with Crippen LogP contribution >= 0.6 is 11.3 Å². The summed E-state index contributed by atoms with van der Waals surface area (Å²) in [5.41, 5.74) is 2.93. The van der Waals surface area contributed by atoms with E-state index in [0.29, 0.717) is 26.2 Å². The molecule has 0 radical (unpaired) electrons. The summed E-state index contributed by atoms with van der Waals surface area (Å²) in [5.74, 6) is -0.334. The minimum atomic E-state index is -0.691. The quantitative estimate of drug-likeness (QED) is 0.338. The molecule has 0 amide bonds. The standard InChI is InChI=1S/C28H28N2O7S/c1-7-36-27(33)23-16(3)29-28-30(24(23)19-10-8-15(2)9-11-19)26(32)22(38-28)14-18-12-20(34-5)25(37-17(4)31)21(13-18)35-6/h8-14,24H,7H2,1-6H3/b22-14-/t24-/m0/s1. The van der Waals surface area contributed by atoms with E-state index in [1.165, 1.54) is 37.0 Å². The summed E-state index contributed by atoms with van der Waals surface area (Å²) in [6.07, 6.45) is 1.68. The van der Waals surface area contributed by atoms with Crippen LogP contribution in [0.2, 0.25) is 0 Å². The second-order valence-corrected chi connectivity index (χ2v) is 9.57. The number of esters is 2. The summed E-state index contributed by atoms with van der Waals surface area (Å²) in [6, 6.07) is 10.3. The van der Waals surface area contributed by atoms with Gasteiger partial charge < -0.3 is 18.9 Å². The van der Waals surface area contributed by atoms with Crippen LogP contribution in [-0.4, -0.2) is 37.3 Å². The Kier molecular flexibility index (Phi) is 7.82. The van der Waals surface area contributed by atoms with Gasteiger partial charge in [0.05, 0.1) is 42.7 Å². The molecule has 0 unspecified atom stereocenters. The van der Waals surface area contributed by atoms with E-state index in [9.17, 15) is 14.4 Å². The zero-order chi connectivity index (χ0) is 27.6. The van der Waals surface area contributed by atoms with Gasteiger partial charge in [0.2, 0.25) is 5.75 Å². The van der Waals surface area contributed by atoms with E-state index in [1.54, 1.807) is 32.1 Å². The number of fused-ring (bicyclic) bond motifs is 1. The second-order valence-electron chi connectivity index (χ2n) is 8.56. The number of benzene rings is 2. The minimum absolute atomic E-state index is 0.148. The molecule has 38 heavy (non-hydrogen) atoms. The number of nitrogens with zero attached hydrogens (tertiary/aromatic N) is 2. The van der Waals surface area contributed by atoms with Gasteiger partial charge in [-0.1, -0.05) is 41.2 Å². The molecule has 4 rings (SSSR count). The first-order valence-corrected chi connectivity index (χ1v) is 12.7. The third kappa shape index (κ3) is 5.12. The lowest BCUT2D eigenvalue weighted by molar-refractivity contribution is -0.139. The van der Waals surface area contributed by atoms with Crippen molar-refractivity contribution in [1.29, 1.82) is 0 Å². The number of hydrogen-bond acceptors (Lipinski definition) is 9. The molecule has 9 nitrogen and oxygen atoms in total. The van der Waals surface area contributed by atoms with E-state index in [2.05, 4.69) is 4.99 Å². The highest BCUT2D eigenvalue weighted by Gasteiger charge is 2.33. The van der Waals surface area contributed by atoms with Crippen LogP contribution in [-0.2, 0) is 14.3 Å². The van der Waals surface area contributed by atoms with Crippen molar-refractivity contribution < 1.29 is 28.5 Å². The van der Waals surface area contributed by atoms with E-state index in [1.807, 2.05) is 31.2 Å². The molecule has 2 aromatic carbocycles. The maximum absolute atomic E-state index is 13.8. The molecular formula is C28H28N2O7S. The second kappa shape index (κ2) is 11.1. The Morgan fingerprint density at radius 2 is 1.71 bits per heavy atom. The smallest absolute Gasteiger partial charge is 0.338 e. The zero-order valence-electron chi connectivity index (χ0n) is 22.0. The number of carbonyl (C=O) groups is 2. The molecule has 0 spiro atoms. The monoisotopic (exact) mass is 536 g/mol. The molecule has 1 aromatic heterocycles. The van der Waals surface area contributed by atoms with Crippen molar-refractivity contribution in [3.05, 3.63) is 84.0 Å². The highest BCUT2D eigenvalue weighted by atomic mass is 32.1. The molecule has 1 atom stereocenters. The molecule has 3 aromatic rings. The van der Waals surface area contributed by atoms with Gasteiger partial charge >= 0.3 is 11.9 Å². The van der Waals surface area contributed by atoms with Gasteiger partial charge in [0.1, 0.15) is 0 Å². The average molecular weight is 537 g/mol. The van der Waals surface area contributed by atoms with Crippen molar-refractivity contribution in [2.24, 2.45) is 4.99 Å². The summed E-state index contributed by atoms with van der Waals surface area (Å²) in [6.45, 7) is 6.93. The molecule has 198 valence electrons. The van der Waals surface area contributed by atoms with Gasteiger partial charge in [0, 0.05) is 6.92 Å². The lowest BCUT2D eigenvalue weighted by Gasteiger charge is -2.24. The first-order valence-electron chi connectivity index (χ1n) is 11.9. The van der Waals surface area contributed by atoms with Gasteiger partial charge in [-0.2, -0.15) is 0 Å². The van der Waals surface area contributed by atoms with Crippen molar-refractivity contribution in [3.8, 4) is 17.2 Å². The topological polar surface area (TPSA) is 105 Å². The molecule has 0 bridgehead atoms. The van der Waals surface area contributed by atoms with E-state index >= 15 is 0 Å². The summed E-state index contributed by atoms with van der Waals surface area (Å²) in [7, 11) is 2.89. The number of aryl methyl sites for hydroxylation is 1. The molecule has 0 saturated heterocycles. The fraction of sp³-hybridized carbons (Fsp3) is 0.286. The molecule has 0 fully saturated rings. The first kappa shape index (κ1) is 26.9. The largest absolute Gasteiger partial charge is 0.493 e. The highest BCUT2D eigenvalue weighted by Crippen LogP contribution is 2.39. The first-order chi connectivity index (χ1) is 18.2. The van der Waals surface area contributed by atoms with Gasteiger partial charge in [-0.25, -0.2) is 9.79 Å². The Bertz CT molecular complexity index is 1590. The summed E-state index contributed by atoms with van der Waals surface area (Å²) >= 11 is 1.21. The molecule has 10 heteroatoms. The predicted molar refractivity (Wildman–Crippen MR) is 142 cm³/mol. The minimum Gasteiger partial charge on any atom is -0.493 e. The van der Waals surface area contributed by atoms with Crippen molar-refractivity contribution >= 4 is 29.4 Å². The molecule has 0 N–H and O–H groups in total. The maximum atomic E-state index is 13.8. The van der Waals surface area contributed by atoms with Crippen molar-refractivity contribution in [1.82, 2.24) is 4.57 Å². The average Bonchev–Trinajstić information content (AvgIpc) is 3.18. The number of allylic oxidation sites excluding steroid dienone is 1. The lowest BCUT2D eigenvalue weighted by atomic mass is 9.95. The van der Waals surface area contributed by atoms with Crippen LogP contribution in [0.4, 0.5) is 0 Å². The van der Waals surface area contributed by atoms with E-state index < -0.39 is 18.0 Å². The Hall–Kier alpha value is -4.18. The molecule has 0 aliphatic carbocycles. The molecular weight excluding hydrogens is 508 g/mol. The van der Waals surface area contributed by atoms with E-state index in [-0.39, 0.29) is 29.4 Å². The van der Waals surface area contributed by atoms with Crippen molar-refractivity contribution in [2.45, 2.75) is 33.7 Å². The SMILES string of the molecule is CCOC(=O)C1=C(C)N=c2s/c(=C\c3cc(OC)c(OC(C)=O)c(OC)c3)c(=O)n2[C@H]1c1ccc(C)cc1. The van der Waals surface area contributed by atoms with E-state index in [0.717, 1.165) is 11.1 Å². The van der Waals surface area contributed by atoms with E-state index in [4.69, 9.17) is 18.9 Å². The fourth-order valence-electron chi connectivity index (χ4n) is 4.23. The summed E-state index contributed by atoms with van der Waals surface area (Å²) in [4.78, 5) is 43.4. The number of carbonyl (C=O) groups excluding carboxylic acids is 2. The zero-order valence-corrected chi connectivity index (χ0v) is 22.8. The molecule has 1 aliphatic heterocycles. The van der Waals surface area contributed by atoms with Crippen LogP contribution < -0.4 is 29.1 Å². The number of thiazole rings is 1. The van der Waals surface area contributed by atoms with Gasteiger partial charge in [-0.3, -0.25) is 14.2 Å². The highest BCUT2D eigenvalue weighted by molar-refractivity contribution is 7.07. The molecule has 2 heterocycles. The van der Waals surface area contributed by atoms with Crippen LogP contribution in [0, 0.1) is 6.92 Å². The third-order valence-electron chi connectivity index (χ3n) is 5.94. The molecule has 0 saturated carbocycles. The van der Waals surface area contributed by atoms with Gasteiger partial charge in [-0.15, -0.1) is 0 Å². The van der Waals surface area contributed by atoms with Crippen molar-refractivity contribution in [3.63, 3.8) is 0 Å². The third-order valence-corrected chi connectivity index (χ3v) is 6.92. The predicted octanol–water partition coefficient (Wildman–Crippen LogP) is 3.05. The van der Waals surface area contributed by atoms with Crippen LogP contribution in [0.25, 0.3) is 6.08 Å². The normalized spacial score (nSPS) is 15.0. The van der Waals surface area contributed by atoms with Gasteiger partial charge in [0.25, 0.3) is 5.56 Å². The van der Waals surface area contributed by atoms with Gasteiger partial charge in [-0.05, 0) is 50.1 Å². The Labute approximate surface area is 223 Å². The van der Waals surface area contributed by atoms with Crippen LogP contribution in [0.15, 0.2) is 57.5 Å². The van der Waals surface area contributed by atoms with Crippen LogP contribution in [0.1, 0.15) is 43.5 Å². The Morgan fingerprint density at radius 3 is 2.26 bits per heavy atom. The van der Waals surface area contributed by atoms with Crippen molar-refractivity contribution in [2.75, 3.05) is 20.8 Å². The van der Waals surface area contributed by atoms with Crippen LogP contribution in [0.5, 0.6) is 17.2 Å². The number of aromatic nitrogens is 1. The number of rotatable bonds is 7. The number of ether oxygens (including phenoxy) is 4. The maximum Gasteiger partial charge on any atom is 0.338 e. The summed E-state index contributed by atoms with van der Waals surface area (Å²) < 4.78 is 23.3. The Balaban J connectivity index is 1.93. The molecule has 1 aliphatic rings. The summed E-state index contributed by atoms with van der Waals surface area (Å²) in [5, 5.41) is 0. The number of methoxy groups -OCH3 is 2. The number of hydrogen-bond donors (Lipinski definition) is 0. The van der Waals surface area contributed by atoms with Crippen LogP contribution in [0.3, 0.4) is 0 Å². The fourth-order valence-corrected chi connectivity index (χ4v) is 5.28. The Morgan fingerprint density at radius 1 is 1.08 bits per heavy atom. The lowest BCUT2D eigenvalue weighted by Crippen LogP contribution is -2.39. The van der Waals surface area contributed by atoms with Gasteiger partial charge in [0.15, 0.2) is 16.3 Å².